The van der Waals surface area contributed by atoms with Crippen molar-refractivity contribution in [2.75, 3.05) is 43.9 Å². The highest BCUT2D eigenvalue weighted by Crippen LogP contribution is 2.38. The molecule has 2 aliphatic rings. The maximum Gasteiger partial charge on any atom is 0.122 e. The number of nitrogen functional groups attached to an aromatic ring is 1. The van der Waals surface area contributed by atoms with Crippen molar-refractivity contribution in [2.24, 2.45) is 0 Å². The van der Waals surface area contributed by atoms with Crippen LogP contribution in [0.5, 0.6) is 5.75 Å². The molecule has 4 nitrogen and oxygen atoms in total. The molecule has 154 valence electrons. The minimum absolute atomic E-state index is 0.559. The van der Waals surface area contributed by atoms with Gasteiger partial charge in [-0.25, -0.2) is 0 Å². The molecule has 2 aromatic rings. The molecule has 0 amide bonds. The van der Waals surface area contributed by atoms with Gasteiger partial charge < -0.3 is 15.4 Å². The molecule has 0 radical (unpaired) electrons. The van der Waals surface area contributed by atoms with Crippen LogP contribution >= 0.6 is 11.6 Å². The van der Waals surface area contributed by atoms with E-state index in [0.717, 1.165) is 74.7 Å². The molecule has 5 heteroatoms. The van der Waals surface area contributed by atoms with E-state index in [1.165, 1.54) is 11.1 Å². The van der Waals surface area contributed by atoms with Crippen molar-refractivity contribution in [1.82, 2.24) is 4.90 Å². The monoisotopic (exact) mass is 411 g/mol. The molecule has 2 aliphatic heterocycles. The summed E-state index contributed by atoms with van der Waals surface area (Å²) < 4.78 is 5.57. The zero-order valence-corrected chi connectivity index (χ0v) is 17.9. The van der Waals surface area contributed by atoms with E-state index in [4.69, 9.17) is 22.1 Å². The zero-order chi connectivity index (χ0) is 20.4. The quantitative estimate of drug-likeness (QED) is 0.697. The number of hydrogen-bond donors (Lipinski definition) is 1. The standard InChI is InChI=1S/C24H30ClN3O/c1-17(28-11-5-6-19-14-20(25)15-22(26)24(19)28)16-27-12-9-18(10-13-27)21-7-3-4-8-23(21)29-2/h3-4,7-8,14-15,18H,1,5-6,9-13,16,26H2,2H3. The fourth-order valence-corrected chi connectivity index (χ4v) is 5.05. The Morgan fingerprint density at radius 2 is 1.97 bits per heavy atom. The Kier molecular flexibility index (Phi) is 6.02. The first-order valence-electron chi connectivity index (χ1n) is 10.5. The number of benzene rings is 2. The number of likely N-dealkylation sites (tertiary alicyclic amines) is 1. The SMILES string of the molecule is C=C(CN1CCC(c2ccccc2OC)CC1)N1CCCc2cc(Cl)cc(N)c21. The second-order valence-corrected chi connectivity index (χ2v) is 8.55. The topological polar surface area (TPSA) is 41.7 Å². The van der Waals surface area contributed by atoms with Gasteiger partial charge >= 0.3 is 0 Å². The lowest BCUT2D eigenvalue weighted by atomic mass is 9.88. The minimum atomic E-state index is 0.559. The molecular weight excluding hydrogens is 382 g/mol. The molecule has 1 saturated heterocycles. The van der Waals surface area contributed by atoms with Crippen LogP contribution in [0.25, 0.3) is 0 Å². The number of aryl methyl sites for hydroxylation is 1. The van der Waals surface area contributed by atoms with Gasteiger partial charge in [0.25, 0.3) is 0 Å². The highest BCUT2D eigenvalue weighted by molar-refractivity contribution is 6.31. The van der Waals surface area contributed by atoms with Gasteiger partial charge in [0.15, 0.2) is 0 Å². The van der Waals surface area contributed by atoms with Crippen LogP contribution in [0.4, 0.5) is 11.4 Å². The van der Waals surface area contributed by atoms with Gasteiger partial charge in [-0.15, -0.1) is 0 Å². The van der Waals surface area contributed by atoms with Crippen molar-refractivity contribution < 1.29 is 4.74 Å². The molecule has 29 heavy (non-hydrogen) atoms. The van der Waals surface area contributed by atoms with Gasteiger partial charge in [-0.3, -0.25) is 4.90 Å². The Morgan fingerprint density at radius 1 is 1.21 bits per heavy atom. The fraction of sp³-hybridized carbons (Fsp3) is 0.417. The van der Waals surface area contributed by atoms with Crippen LogP contribution in [0, 0.1) is 0 Å². The number of nitrogens with two attached hydrogens (primary N) is 1. The third kappa shape index (κ3) is 4.24. The summed E-state index contributed by atoms with van der Waals surface area (Å²) in [7, 11) is 1.76. The third-order valence-corrected chi connectivity index (χ3v) is 6.45. The maximum absolute atomic E-state index is 6.32. The molecule has 1 fully saturated rings. The number of methoxy groups -OCH3 is 1. The molecule has 0 bridgehead atoms. The van der Waals surface area contributed by atoms with Crippen LogP contribution in [-0.4, -0.2) is 38.2 Å². The van der Waals surface area contributed by atoms with E-state index in [2.05, 4.69) is 34.6 Å². The number of anilines is 2. The van der Waals surface area contributed by atoms with Crippen molar-refractivity contribution >= 4 is 23.0 Å². The van der Waals surface area contributed by atoms with Crippen LogP contribution in [0.2, 0.25) is 5.02 Å². The van der Waals surface area contributed by atoms with E-state index < -0.39 is 0 Å². The number of rotatable bonds is 5. The Labute approximate surface area is 178 Å². The van der Waals surface area contributed by atoms with Crippen LogP contribution in [0.1, 0.15) is 36.3 Å². The molecule has 0 spiro atoms. The van der Waals surface area contributed by atoms with Gasteiger partial charge in [0, 0.05) is 23.8 Å². The largest absolute Gasteiger partial charge is 0.496 e. The number of halogens is 1. The lowest BCUT2D eigenvalue weighted by Crippen LogP contribution is -2.39. The van der Waals surface area contributed by atoms with Gasteiger partial charge in [0.2, 0.25) is 0 Å². The van der Waals surface area contributed by atoms with E-state index in [1.54, 1.807) is 7.11 Å². The Balaban J connectivity index is 1.40. The summed E-state index contributed by atoms with van der Waals surface area (Å²) in [6.07, 6.45) is 4.40. The summed E-state index contributed by atoms with van der Waals surface area (Å²) in [5, 5.41) is 0.715. The number of ether oxygens (including phenoxy) is 1. The smallest absolute Gasteiger partial charge is 0.122 e. The van der Waals surface area contributed by atoms with Crippen molar-refractivity contribution in [1.29, 1.82) is 0 Å². The number of fused-ring (bicyclic) bond motifs is 1. The van der Waals surface area contributed by atoms with E-state index in [-0.39, 0.29) is 0 Å². The molecule has 0 atom stereocenters. The van der Waals surface area contributed by atoms with Crippen LogP contribution in [-0.2, 0) is 6.42 Å². The minimum Gasteiger partial charge on any atom is -0.496 e. The van der Waals surface area contributed by atoms with Gasteiger partial charge in [-0.1, -0.05) is 36.4 Å². The Hall–Kier alpha value is -2.17. The predicted molar refractivity (Wildman–Crippen MR) is 122 cm³/mol. The van der Waals surface area contributed by atoms with Crippen molar-refractivity contribution in [3.8, 4) is 5.75 Å². The maximum atomic E-state index is 6.32. The van der Waals surface area contributed by atoms with Crippen LogP contribution in [0.15, 0.2) is 48.7 Å². The summed E-state index contributed by atoms with van der Waals surface area (Å²) in [5.41, 5.74) is 11.9. The molecule has 0 unspecified atom stereocenters. The first kappa shape index (κ1) is 20.1. The summed E-state index contributed by atoms with van der Waals surface area (Å²) >= 11 is 6.21. The first-order chi connectivity index (χ1) is 14.1. The van der Waals surface area contributed by atoms with E-state index in [9.17, 15) is 0 Å². The predicted octanol–water partition coefficient (Wildman–Crippen LogP) is 5.08. The Bertz CT molecular complexity index is 890. The second-order valence-electron chi connectivity index (χ2n) is 8.12. The summed E-state index contributed by atoms with van der Waals surface area (Å²) in [4.78, 5) is 4.81. The van der Waals surface area contributed by atoms with E-state index >= 15 is 0 Å². The number of hydrogen-bond acceptors (Lipinski definition) is 4. The molecule has 4 rings (SSSR count). The highest BCUT2D eigenvalue weighted by Gasteiger charge is 2.26. The van der Waals surface area contributed by atoms with Crippen molar-refractivity contribution in [3.05, 3.63) is 64.8 Å². The summed E-state index contributed by atoms with van der Waals surface area (Å²) in [5.74, 6) is 1.57. The molecule has 0 aliphatic carbocycles. The van der Waals surface area contributed by atoms with Crippen LogP contribution in [0.3, 0.4) is 0 Å². The van der Waals surface area contributed by atoms with Gasteiger partial charge in [-0.2, -0.15) is 0 Å². The molecule has 0 aromatic heterocycles. The second kappa shape index (κ2) is 8.68. The summed E-state index contributed by atoms with van der Waals surface area (Å²) in [6, 6.07) is 12.3. The number of piperidine rings is 1. The fourth-order valence-electron chi connectivity index (χ4n) is 4.80. The lowest BCUT2D eigenvalue weighted by molar-refractivity contribution is 0.225. The van der Waals surface area contributed by atoms with E-state index in [1.807, 2.05) is 18.2 Å². The number of nitrogens with zero attached hydrogens (tertiary/aromatic N) is 2. The van der Waals surface area contributed by atoms with Crippen molar-refractivity contribution in [3.63, 3.8) is 0 Å². The number of para-hydroxylation sites is 1. The highest BCUT2D eigenvalue weighted by atomic mass is 35.5. The normalized spacial score (nSPS) is 17.8. The molecule has 2 aromatic carbocycles. The zero-order valence-electron chi connectivity index (χ0n) is 17.2. The Morgan fingerprint density at radius 3 is 2.72 bits per heavy atom. The van der Waals surface area contributed by atoms with Gasteiger partial charge in [0.1, 0.15) is 5.75 Å². The van der Waals surface area contributed by atoms with Gasteiger partial charge in [0.05, 0.1) is 18.5 Å². The first-order valence-corrected chi connectivity index (χ1v) is 10.8. The molecule has 2 heterocycles. The molecule has 0 saturated carbocycles. The summed E-state index contributed by atoms with van der Waals surface area (Å²) in [6.45, 7) is 8.39. The average molecular weight is 412 g/mol. The van der Waals surface area contributed by atoms with E-state index in [0.29, 0.717) is 10.9 Å². The van der Waals surface area contributed by atoms with Gasteiger partial charge in [-0.05, 0) is 74.0 Å². The average Bonchev–Trinajstić information content (AvgIpc) is 2.73. The third-order valence-electron chi connectivity index (χ3n) is 6.24. The lowest BCUT2D eigenvalue weighted by Gasteiger charge is -2.38. The molecule has 2 N–H and O–H groups in total. The molecular formula is C24H30ClN3O. The van der Waals surface area contributed by atoms with Crippen LogP contribution < -0.4 is 15.4 Å². The van der Waals surface area contributed by atoms with Crippen molar-refractivity contribution in [2.45, 2.75) is 31.6 Å².